The number of carbonyl (C=O) groups is 2. The third-order valence-corrected chi connectivity index (χ3v) is 3.14. The molecule has 92 valence electrons. The summed E-state index contributed by atoms with van der Waals surface area (Å²) in [7, 11) is 0. The number of hydrogen-bond donors (Lipinski definition) is 2. The maximum absolute atomic E-state index is 12.0. The van der Waals surface area contributed by atoms with Crippen molar-refractivity contribution >= 4 is 11.7 Å². The van der Waals surface area contributed by atoms with Crippen molar-refractivity contribution < 1.29 is 9.59 Å². The standard InChI is InChI=1S/C13H18N2O2/c1-4-10-11(8(3)16)7(2)14-12(10)13(17)15-9-5-6-9/h9,14H,4-6H2,1-3H3,(H,15,17). The zero-order valence-corrected chi connectivity index (χ0v) is 10.5. The topological polar surface area (TPSA) is 62.0 Å². The monoisotopic (exact) mass is 234 g/mol. The molecule has 1 saturated carbocycles. The van der Waals surface area contributed by atoms with E-state index in [0.717, 1.165) is 24.1 Å². The molecule has 0 radical (unpaired) electrons. The van der Waals surface area contributed by atoms with Crippen LogP contribution in [0.25, 0.3) is 0 Å². The first-order valence-corrected chi connectivity index (χ1v) is 6.07. The van der Waals surface area contributed by atoms with Gasteiger partial charge in [-0.25, -0.2) is 0 Å². The largest absolute Gasteiger partial charge is 0.354 e. The van der Waals surface area contributed by atoms with Gasteiger partial charge in [-0.2, -0.15) is 0 Å². The number of nitrogens with one attached hydrogen (secondary N) is 2. The molecule has 1 aliphatic carbocycles. The second-order valence-electron chi connectivity index (χ2n) is 4.64. The van der Waals surface area contributed by atoms with Gasteiger partial charge in [0.2, 0.25) is 0 Å². The molecule has 0 saturated heterocycles. The van der Waals surface area contributed by atoms with Gasteiger partial charge in [0.15, 0.2) is 5.78 Å². The van der Waals surface area contributed by atoms with Crippen molar-refractivity contribution in [2.75, 3.05) is 0 Å². The molecule has 2 rings (SSSR count). The van der Waals surface area contributed by atoms with Gasteiger partial charge in [-0.05, 0) is 38.7 Å². The number of Topliss-reactive ketones (excluding diaryl/α,β-unsaturated/α-hetero) is 1. The van der Waals surface area contributed by atoms with E-state index >= 15 is 0 Å². The van der Waals surface area contributed by atoms with Crippen molar-refractivity contribution in [3.8, 4) is 0 Å². The quantitative estimate of drug-likeness (QED) is 0.782. The number of amides is 1. The van der Waals surface area contributed by atoms with Crippen LogP contribution < -0.4 is 5.32 Å². The lowest BCUT2D eigenvalue weighted by molar-refractivity contribution is 0.0945. The van der Waals surface area contributed by atoms with E-state index in [1.54, 1.807) is 0 Å². The van der Waals surface area contributed by atoms with Crippen LogP contribution in [0.15, 0.2) is 0 Å². The molecule has 0 unspecified atom stereocenters. The van der Waals surface area contributed by atoms with Crippen LogP contribution in [0.2, 0.25) is 0 Å². The summed E-state index contributed by atoms with van der Waals surface area (Å²) < 4.78 is 0. The number of hydrogen-bond acceptors (Lipinski definition) is 2. The highest BCUT2D eigenvalue weighted by Gasteiger charge is 2.27. The molecule has 1 aromatic rings. The average molecular weight is 234 g/mol. The third-order valence-electron chi connectivity index (χ3n) is 3.14. The maximum Gasteiger partial charge on any atom is 0.268 e. The van der Waals surface area contributed by atoms with E-state index in [4.69, 9.17) is 0 Å². The molecule has 0 aromatic carbocycles. The van der Waals surface area contributed by atoms with Gasteiger partial charge < -0.3 is 10.3 Å². The van der Waals surface area contributed by atoms with Crippen LogP contribution in [0.5, 0.6) is 0 Å². The summed E-state index contributed by atoms with van der Waals surface area (Å²) in [4.78, 5) is 26.6. The number of aromatic nitrogens is 1. The van der Waals surface area contributed by atoms with E-state index < -0.39 is 0 Å². The lowest BCUT2D eigenvalue weighted by Gasteiger charge is -2.04. The van der Waals surface area contributed by atoms with Crippen molar-refractivity contribution in [1.29, 1.82) is 0 Å². The Hall–Kier alpha value is -1.58. The van der Waals surface area contributed by atoms with Crippen LogP contribution in [0.3, 0.4) is 0 Å². The number of aryl methyl sites for hydroxylation is 1. The predicted molar refractivity (Wildman–Crippen MR) is 65.4 cm³/mol. The molecule has 0 aliphatic heterocycles. The number of aromatic amines is 1. The smallest absolute Gasteiger partial charge is 0.268 e. The Morgan fingerprint density at radius 3 is 2.53 bits per heavy atom. The first kappa shape index (κ1) is 11.9. The minimum absolute atomic E-state index is 0.0149. The Morgan fingerprint density at radius 2 is 2.06 bits per heavy atom. The Balaban J connectivity index is 2.35. The van der Waals surface area contributed by atoms with Gasteiger partial charge in [0.05, 0.1) is 0 Å². The van der Waals surface area contributed by atoms with Crippen molar-refractivity contribution in [1.82, 2.24) is 10.3 Å². The summed E-state index contributed by atoms with van der Waals surface area (Å²) in [6.07, 6.45) is 2.81. The molecular weight excluding hydrogens is 216 g/mol. The average Bonchev–Trinajstić information content (AvgIpc) is 2.99. The van der Waals surface area contributed by atoms with E-state index in [0.29, 0.717) is 23.7 Å². The molecule has 2 N–H and O–H groups in total. The molecule has 4 heteroatoms. The second-order valence-corrected chi connectivity index (χ2v) is 4.64. The van der Waals surface area contributed by atoms with Gasteiger partial charge in [-0.1, -0.05) is 6.92 Å². The Kier molecular flexibility index (Phi) is 3.05. The van der Waals surface area contributed by atoms with Gasteiger partial charge in [0.1, 0.15) is 5.69 Å². The fourth-order valence-corrected chi connectivity index (χ4v) is 2.19. The first-order valence-electron chi connectivity index (χ1n) is 6.07. The molecule has 1 heterocycles. The van der Waals surface area contributed by atoms with E-state index in [2.05, 4.69) is 10.3 Å². The Morgan fingerprint density at radius 1 is 1.41 bits per heavy atom. The van der Waals surface area contributed by atoms with Crippen LogP contribution in [0.4, 0.5) is 0 Å². The zero-order chi connectivity index (χ0) is 12.6. The lowest BCUT2D eigenvalue weighted by atomic mass is 10.0. The van der Waals surface area contributed by atoms with E-state index in [9.17, 15) is 9.59 Å². The van der Waals surface area contributed by atoms with Crippen LogP contribution in [-0.4, -0.2) is 22.7 Å². The number of carbonyl (C=O) groups excluding carboxylic acids is 2. The van der Waals surface area contributed by atoms with Gasteiger partial charge in [-0.3, -0.25) is 9.59 Å². The molecule has 1 amide bonds. The van der Waals surface area contributed by atoms with E-state index in [-0.39, 0.29) is 11.7 Å². The van der Waals surface area contributed by atoms with Gasteiger partial charge in [-0.15, -0.1) is 0 Å². The molecular formula is C13H18N2O2. The van der Waals surface area contributed by atoms with Gasteiger partial charge >= 0.3 is 0 Å². The Labute approximate surface area is 101 Å². The first-order chi connectivity index (χ1) is 8.04. The van der Waals surface area contributed by atoms with Crippen LogP contribution in [0, 0.1) is 6.92 Å². The van der Waals surface area contributed by atoms with Crippen molar-refractivity contribution in [3.05, 3.63) is 22.5 Å². The third kappa shape index (κ3) is 2.25. The van der Waals surface area contributed by atoms with Crippen molar-refractivity contribution in [3.63, 3.8) is 0 Å². The molecule has 4 nitrogen and oxygen atoms in total. The predicted octanol–water partition coefficient (Wildman–Crippen LogP) is 1.98. The van der Waals surface area contributed by atoms with Crippen molar-refractivity contribution in [2.24, 2.45) is 0 Å². The molecule has 1 aliphatic rings. The highest BCUT2D eigenvalue weighted by atomic mass is 16.2. The zero-order valence-electron chi connectivity index (χ0n) is 10.5. The number of H-pyrrole nitrogens is 1. The van der Waals surface area contributed by atoms with E-state index in [1.807, 2.05) is 13.8 Å². The molecule has 17 heavy (non-hydrogen) atoms. The normalized spacial score (nSPS) is 14.8. The summed E-state index contributed by atoms with van der Waals surface area (Å²) in [5.74, 6) is -0.0685. The minimum atomic E-state index is -0.0834. The van der Waals surface area contributed by atoms with Crippen molar-refractivity contribution in [2.45, 2.75) is 46.1 Å². The summed E-state index contributed by atoms with van der Waals surface area (Å²) in [6, 6.07) is 0.330. The minimum Gasteiger partial charge on any atom is -0.354 e. The molecule has 0 spiro atoms. The summed E-state index contributed by atoms with van der Waals surface area (Å²) >= 11 is 0. The molecule has 1 fully saturated rings. The van der Waals surface area contributed by atoms with E-state index in [1.165, 1.54) is 6.92 Å². The SMILES string of the molecule is CCc1c(C(=O)NC2CC2)[nH]c(C)c1C(C)=O. The van der Waals surface area contributed by atoms with Crippen LogP contribution >= 0.6 is 0 Å². The second kappa shape index (κ2) is 4.35. The van der Waals surface area contributed by atoms with Crippen LogP contribution in [-0.2, 0) is 6.42 Å². The molecule has 0 atom stereocenters. The lowest BCUT2D eigenvalue weighted by Crippen LogP contribution is -2.26. The number of ketones is 1. The Bertz CT molecular complexity index is 470. The van der Waals surface area contributed by atoms with Gasteiger partial charge in [0, 0.05) is 17.3 Å². The maximum atomic E-state index is 12.0. The fourth-order valence-electron chi connectivity index (χ4n) is 2.19. The van der Waals surface area contributed by atoms with Gasteiger partial charge in [0.25, 0.3) is 5.91 Å². The number of rotatable bonds is 4. The summed E-state index contributed by atoms with van der Waals surface area (Å²) in [6.45, 7) is 5.34. The van der Waals surface area contributed by atoms with Crippen LogP contribution in [0.1, 0.15) is 58.8 Å². The summed E-state index contributed by atoms with van der Waals surface area (Å²) in [5.41, 5.74) is 2.86. The molecule has 0 bridgehead atoms. The highest BCUT2D eigenvalue weighted by Crippen LogP contribution is 2.23. The fraction of sp³-hybridized carbons (Fsp3) is 0.538. The summed E-state index contributed by atoms with van der Waals surface area (Å²) in [5, 5.41) is 2.94. The molecule has 1 aromatic heterocycles. The highest BCUT2D eigenvalue weighted by molar-refractivity contribution is 6.02.